The van der Waals surface area contributed by atoms with E-state index in [0.717, 1.165) is 5.56 Å². The van der Waals surface area contributed by atoms with E-state index in [1.165, 1.54) is 9.87 Å². The molecule has 0 radical (unpaired) electrons. The summed E-state index contributed by atoms with van der Waals surface area (Å²) in [6, 6.07) is 7.78. The topological polar surface area (TPSA) is 86.7 Å². The van der Waals surface area contributed by atoms with Crippen molar-refractivity contribution < 1.29 is 18.3 Å². The number of aliphatic carboxylic acids is 1. The van der Waals surface area contributed by atoms with Crippen molar-refractivity contribution in [1.29, 1.82) is 0 Å². The standard InChI is InChI=1S/C14H18N2O4S/c17-13(18)14(6-7-14)10-15-21(19,20)16-8-5-11-3-1-2-4-12(11)9-16/h1-4,15H,5-10H2,(H,17,18). The highest BCUT2D eigenvalue weighted by atomic mass is 32.2. The zero-order valence-corrected chi connectivity index (χ0v) is 12.4. The second kappa shape index (κ2) is 5.08. The van der Waals surface area contributed by atoms with E-state index in [0.29, 0.717) is 32.4 Å². The minimum absolute atomic E-state index is 0.0250. The molecule has 0 amide bonds. The molecule has 0 aromatic heterocycles. The fourth-order valence-electron chi connectivity index (χ4n) is 2.61. The summed E-state index contributed by atoms with van der Waals surface area (Å²) < 4.78 is 28.5. The number of nitrogens with one attached hydrogen (secondary N) is 1. The summed E-state index contributed by atoms with van der Waals surface area (Å²) in [5.41, 5.74) is 1.29. The molecule has 3 rings (SSSR count). The maximum absolute atomic E-state index is 12.3. The van der Waals surface area contributed by atoms with E-state index >= 15 is 0 Å². The molecule has 1 aromatic rings. The van der Waals surface area contributed by atoms with Gasteiger partial charge < -0.3 is 5.11 Å². The van der Waals surface area contributed by atoms with Gasteiger partial charge in [0.1, 0.15) is 0 Å². The molecule has 0 atom stereocenters. The molecule has 0 saturated heterocycles. The fraction of sp³-hybridized carbons (Fsp3) is 0.500. The van der Waals surface area contributed by atoms with E-state index in [1.54, 1.807) is 0 Å². The number of nitrogens with zero attached hydrogens (tertiary/aromatic N) is 1. The maximum Gasteiger partial charge on any atom is 0.310 e. The molecular formula is C14H18N2O4S. The van der Waals surface area contributed by atoms with Gasteiger partial charge in [0.25, 0.3) is 10.2 Å². The lowest BCUT2D eigenvalue weighted by molar-refractivity contribution is -0.143. The van der Waals surface area contributed by atoms with E-state index in [9.17, 15) is 13.2 Å². The van der Waals surface area contributed by atoms with E-state index in [2.05, 4.69) is 4.72 Å². The Bertz CT molecular complexity index is 667. The lowest BCUT2D eigenvalue weighted by Gasteiger charge is -2.28. The largest absolute Gasteiger partial charge is 0.481 e. The van der Waals surface area contributed by atoms with Crippen LogP contribution in [0.4, 0.5) is 0 Å². The molecule has 2 N–H and O–H groups in total. The molecule has 1 heterocycles. The van der Waals surface area contributed by atoms with Crippen molar-refractivity contribution in [1.82, 2.24) is 9.03 Å². The van der Waals surface area contributed by atoms with Gasteiger partial charge in [-0.25, -0.2) is 4.72 Å². The van der Waals surface area contributed by atoms with Gasteiger partial charge in [-0.3, -0.25) is 4.79 Å². The third-order valence-electron chi connectivity index (χ3n) is 4.34. The van der Waals surface area contributed by atoms with E-state index in [1.807, 2.05) is 24.3 Å². The number of hydrogen-bond acceptors (Lipinski definition) is 3. The van der Waals surface area contributed by atoms with E-state index in [-0.39, 0.29) is 6.54 Å². The Labute approximate surface area is 124 Å². The molecule has 1 aromatic carbocycles. The van der Waals surface area contributed by atoms with Crippen LogP contribution in [0.25, 0.3) is 0 Å². The average Bonchev–Trinajstić information content (AvgIpc) is 3.26. The Morgan fingerprint density at radius 3 is 2.57 bits per heavy atom. The quantitative estimate of drug-likeness (QED) is 0.840. The van der Waals surface area contributed by atoms with Crippen molar-refractivity contribution in [2.45, 2.75) is 25.8 Å². The van der Waals surface area contributed by atoms with Gasteiger partial charge in [-0.2, -0.15) is 12.7 Å². The molecule has 21 heavy (non-hydrogen) atoms. The van der Waals surface area contributed by atoms with Crippen LogP contribution in [-0.2, 0) is 28.0 Å². The normalized spacial score (nSPS) is 20.8. The Hall–Kier alpha value is -1.44. The number of hydrogen-bond donors (Lipinski definition) is 2. The SMILES string of the molecule is O=C(O)C1(CNS(=O)(=O)N2CCc3ccccc3C2)CC1. The van der Waals surface area contributed by atoms with Gasteiger partial charge in [0.2, 0.25) is 0 Å². The highest BCUT2D eigenvalue weighted by molar-refractivity contribution is 7.87. The average molecular weight is 310 g/mol. The Balaban J connectivity index is 1.68. The number of carboxylic acid groups (broad SMARTS) is 1. The van der Waals surface area contributed by atoms with Crippen LogP contribution in [0.2, 0.25) is 0 Å². The zero-order chi connectivity index (χ0) is 15.1. The van der Waals surface area contributed by atoms with Gasteiger partial charge in [-0.15, -0.1) is 0 Å². The van der Waals surface area contributed by atoms with Crippen molar-refractivity contribution in [3.8, 4) is 0 Å². The molecule has 0 unspecified atom stereocenters. The summed E-state index contributed by atoms with van der Waals surface area (Å²) in [6.07, 6.45) is 1.75. The maximum atomic E-state index is 12.3. The molecule has 7 heteroatoms. The van der Waals surface area contributed by atoms with Crippen molar-refractivity contribution in [2.24, 2.45) is 5.41 Å². The minimum Gasteiger partial charge on any atom is -0.481 e. The van der Waals surface area contributed by atoms with Crippen molar-refractivity contribution in [3.05, 3.63) is 35.4 Å². The summed E-state index contributed by atoms with van der Waals surface area (Å²) in [7, 11) is -3.63. The van der Waals surface area contributed by atoms with Gasteiger partial charge in [-0.05, 0) is 30.4 Å². The van der Waals surface area contributed by atoms with Crippen LogP contribution < -0.4 is 4.72 Å². The smallest absolute Gasteiger partial charge is 0.310 e. The summed E-state index contributed by atoms with van der Waals surface area (Å²) in [4.78, 5) is 11.1. The van der Waals surface area contributed by atoms with Crippen molar-refractivity contribution in [2.75, 3.05) is 13.1 Å². The molecule has 1 aliphatic heterocycles. The summed E-state index contributed by atoms with van der Waals surface area (Å²) in [5.74, 6) is -0.922. The van der Waals surface area contributed by atoms with Crippen LogP contribution in [0.15, 0.2) is 24.3 Å². The lowest BCUT2D eigenvalue weighted by Crippen LogP contribution is -2.45. The fourth-order valence-corrected chi connectivity index (χ4v) is 3.89. The second-order valence-electron chi connectivity index (χ2n) is 5.76. The highest BCUT2D eigenvalue weighted by Gasteiger charge is 2.50. The third-order valence-corrected chi connectivity index (χ3v) is 5.84. The van der Waals surface area contributed by atoms with Crippen LogP contribution in [-0.4, -0.2) is 36.9 Å². The number of fused-ring (bicyclic) bond motifs is 1. The third kappa shape index (κ3) is 2.81. The first-order valence-corrected chi connectivity index (χ1v) is 8.42. The monoisotopic (exact) mass is 310 g/mol. The van der Waals surface area contributed by atoms with E-state index < -0.39 is 21.6 Å². The summed E-state index contributed by atoms with van der Waals surface area (Å²) in [5, 5.41) is 9.09. The van der Waals surface area contributed by atoms with Crippen LogP contribution in [0.1, 0.15) is 24.0 Å². The number of benzene rings is 1. The Kier molecular flexibility index (Phi) is 3.51. The van der Waals surface area contributed by atoms with Gasteiger partial charge in [-0.1, -0.05) is 24.3 Å². The molecule has 0 bridgehead atoms. The van der Waals surface area contributed by atoms with E-state index in [4.69, 9.17) is 5.11 Å². The van der Waals surface area contributed by atoms with Gasteiger partial charge in [0, 0.05) is 19.6 Å². The zero-order valence-electron chi connectivity index (χ0n) is 11.6. The lowest BCUT2D eigenvalue weighted by atomic mass is 10.0. The first kappa shape index (κ1) is 14.5. The second-order valence-corrected chi connectivity index (χ2v) is 7.52. The predicted octanol–water partition coefficient (Wildman–Crippen LogP) is 0.744. The highest BCUT2D eigenvalue weighted by Crippen LogP contribution is 2.45. The predicted molar refractivity (Wildman–Crippen MR) is 76.8 cm³/mol. The summed E-state index contributed by atoms with van der Waals surface area (Å²) >= 11 is 0. The van der Waals surface area contributed by atoms with Crippen molar-refractivity contribution in [3.63, 3.8) is 0 Å². The Morgan fingerprint density at radius 1 is 1.29 bits per heavy atom. The number of carbonyl (C=O) groups is 1. The number of carboxylic acids is 1. The molecule has 0 spiro atoms. The molecule has 1 saturated carbocycles. The summed E-state index contributed by atoms with van der Waals surface area (Å²) in [6.45, 7) is 0.737. The molecule has 114 valence electrons. The number of rotatable bonds is 5. The van der Waals surface area contributed by atoms with Gasteiger partial charge in [0.15, 0.2) is 0 Å². The van der Waals surface area contributed by atoms with Crippen LogP contribution in [0.3, 0.4) is 0 Å². The van der Waals surface area contributed by atoms with Crippen LogP contribution in [0, 0.1) is 5.41 Å². The van der Waals surface area contributed by atoms with Crippen LogP contribution in [0.5, 0.6) is 0 Å². The molecule has 1 fully saturated rings. The first-order valence-electron chi connectivity index (χ1n) is 6.98. The molecule has 6 nitrogen and oxygen atoms in total. The van der Waals surface area contributed by atoms with Crippen molar-refractivity contribution >= 4 is 16.2 Å². The van der Waals surface area contributed by atoms with Gasteiger partial charge in [0.05, 0.1) is 5.41 Å². The van der Waals surface area contributed by atoms with Crippen LogP contribution >= 0.6 is 0 Å². The van der Waals surface area contributed by atoms with Gasteiger partial charge >= 0.3 is 5.97 Å². The molecule has 2 aliphatic rings. The minimum atomic E-state index is -3.63. The Morgan fingerprint density at radius 2 is 1.95 bits per heavy atom. The molecular weight excluding hydrogens is 292 g/mol. The first-order chi connectivity index (χ1) is 9.93. The molecule has 1 aliphatic carbocycles.